The maximum atomic E-state index is 3.79. The Morgan fingerprint density at radius 3 is 2.44 bits per heavy atom. The molecule has 1 aliphatic carbocycles. The van der Waals surface area contributed by atoms with E-state index in [1.807, 2.05) is 32.1 Å². The van der Waals surface area contributed by atoms with Gasteiger partial charge in [-0.3, -0.25) is 0 Å². The van der Waals surface area contributed by atoms with E-state index in [1.165, 1.54) is 31.3 Å². The molecule has 0 unspecified atom stereocenters. The Morgan fingerprint density at radius 1 is 1.22 bits per heavy atom. The van der Waals surface area contributed by atoms with Crippen LogP contribution in [0.2, 0.25) is 0 Å². The lowest BCUT2D eigenvalue weighted by Gasteiger charge is -2.18. The molecule has 1 N–H and O–H groups in total. The second-order valence-corrected chi connectivity index (χ2v) is 4.38. The van der Waals surface area contributed by atoms with Gasteiger partial charge in [-0.2, -0.15) is 0 Å². The number of hydrogen-bond donors (Lipinski definition) is 1. The summed E-state index contributed by atoms with van der Waals surface area (Å²) in [5, 5.41) is 3.48. The van der Waals surface area contributed by atoms with Crippen LogP contribution in [-0.2, 0) is 0 Å². The minimum Gasteiger partial charge on any atom is -0.309 e. The van der Waals surface area contributed by atoms with Gasteiger partial charge in [0.05, 0.1) is 0 Å². The molecular weight excluding hydrogens is 218 g/mol. The molecule has 0 bridgehead atoms. The third-order valence-corrected chi connectivity index (χ3v) is 3.15. The van der Waals surface area contributed by atoms with E-state index < -0.39 is 0 Å². The van der Waals surface area contributed by atoms with Crippen LogP contribution in [0.3, 0.4) is 0 Å². The highest BCUT2D eigenvalue weighted by molar-refractivity contribution is 5.23. The minimum absolute atomic E-state index is 0.881. The quantitative estimate of drug-likeness (QED) is 0.525. The van der Waals surface area contributed by atoms with E-state index in [-0.39, 0.29) is 0 Å². The highest BCUT2D eigenvalue weighted by Crippen LogP contribution is 2.23. The fourth-order valence-corrected chi connectivity index (χ4v) is 2.07. The summed E-state index contributed by atoms with van der Waals surface area (Å²) in [6.45, 7) is 15.7. The molecule has 0 aliphatic heterocycles. The lowest BCUT2D eigenvalue weighted by atomic mass is 9.93. The molecule has 0 saturated heterocycles. The highest BCUT2D eigenvalue weighted by atomic mass is 14.8. The zero-order valence-corrected chi connectivity index (χ0v) is 12.4. The van der Waals surface area contributed by atoms with Crippen molar-refractivity contribution in [3.8, 4) is 0 Å². The summed E-state index contributed by atoms with van der Waals surface area (Å²) in [5.41, 5.74) is 4.39. The lowest BCUT2D eigenvalue weighted by molar-refractivity contribution is 0.638. The molecule has 0 radical (unpaired) electrons. The molecule has 0 spiro atoms. The summed E-state index contributed by atoms with van der Waals surface area (Å²) in [4.78, 5) is 0. The Morgan fingerprint density at radius 2 is 1.89 bits per heavy atom. The standard InChI is InChI=1S/C15H23N.C2H6/c1-4-8-14(5-2)11-16-12-15-10-7-6-9-13(15)3;1-2/h4-5,8,16H,1-2,6-7,9-12H2,3H3;1-2H3/b14-8+;. The van der Waals surface area contributed by atoms with Crippen molar-refractivity contribution in [3.05, 3.63) is 48.1 Å². The Hall–Kier alpha value is -1.08. The molecule has 0 aromatic carbocycles. The van der Waals surface area contributed by atoms with E-state index in [9.17, 15) is 0 Å². The van der Waals surface area contributed by atoms with Crippen LogP contribution in [0.1, 0.15) is 46.5 Å². The van der Waals surface area contributed by atoms with Gasteiger partial charge < -0.3 is 5.32 Å². The molecule has 0 fully saturated rings. The zero-order valence-electron chi connectivity index (χ0n) is 12.4. The maximum Gasteiger partial charge on any atom is 0.0208 e. The van der Waals surface area contributed by atoms with E-state index in [0.717, 1.165) is 13.1 Å². The van der Waals surface area contributed by atoms with E-state index in [1.54, 1.807) is 11.1 Å². The first kappa shape index (κ1) is 16.9. The number of nitrogens with one attached hydrogen (secondary N) is 1. The van der Waals surface area contributed by atoms with E-state index in [2.05, 4.69) is 25.4 Å². The molecule has 0 saturated carbocycles. The van der Waals surface area contributed by atoms with Crippen LogP contribution in [0.5, 0.6) is 0 Å². The van der Waals surface area contributed by atoms with Gasteiger partial charge in [-0.05, 0) is 38.2 Å². The monoisotopic (exact) mass is 247 g/mol. The topological polar surface area (TPSA) is 12.0 Å². The van der Waals surface area contributed by atoms with Gasteiger partial charge in [-0.1, -0.05) is 56.4 Å². The van der Waals surface area contributed by atoms with E-state index >= 15 is 0 Å². The molecule has 18 heavy (non-hydrogen) atoms. The van der Waals surface area contributed by atoms with Gasteiger partial charge in [-0.25, -0.2) is 0 Å². The van der Waals surface area contributed by atoms with Crippen molar-refractivity contribution < 1.29 is 0 Å². The summed E-state index contributed by atoms with van der Waals surface area (Å²) in [5.74, 6) is 0. The van der Waals surface area contributed by atoms with Crippen LogP contribution in [0, 0.1) is 0 Å². The van der Waals surface area contributed by atoms with Crippen LogP contribution >= 0.6 is 0 Å². The Kier molecular flexibility index (Phi) is 10.4. The normalized spacial score (nSPS) is 15.8. The molecule has 0 amide bonds. The van der Waals surface area contributed by atoms with Crippen molar-refractivity contribution in [1.82, 2.24) is 5.32 Å². The van der Waals surface area contributed by atoms with Gasteiger partial charge in [0.2, 0.25) is 0 Å². The second kappa shape index (κ2) is 11.0. The van der Waals surface area contributed by atoms with Crippen LogP contribution in [-0.4, -0.2) is 13.1 Å². The van der Waals surface area contributed by atoms with Crippen LogP contribution in [0.4, 0.5) is 0 Å². The summed E-state index contributed by atoms with van der Waals surface area (Å²) >= 11 is 0. The van der Waals surface area contributed by atoms with Crippen LogP contribution in [0.15, 0.2) is 48.1 Å². The SMILES string of the molecule is C=C/C=C(\C=C)CNCC1=C(C)CCCC1.CC. The molecule has 0 atom stereocenters. The maximum absolute atomic E-state index is 3.79. The Bertz CT molecular complexity index is 308. The van der Waals surface area contributed by atoms with Crippen molar-refractivity contribution in [2.45, 2.75) is 46.5 Å². The fraction of sp³-hybridized carbons (Fsp3) is 0.529. The molecule has 1 heteroatoms. The van der Waals surface area contributed by atoms with Gasteiger partial charge in [-0.15, -0.1) is 0 Å². The summed E-state index contributed by atoms with van der Waals surface area (Å²) in [6, 6.07) is 0. The van der Waals surface area contributed by atoms with Gasteiger partial charge >= 0.3 is 0 Å². The molecule has 0 aromatic heterocycles. The summed E-state index contributed by atoms with van der Waals surface area (Å²) < 4.78 is 0. The molecule has 1 nitrogen and oxygen atoms in total. The first-order valence-electron chi connectivity index (χ1n) is 7.10. The zero-order chi connectivity index (χ0) is 13.8. The first-order valence-corrected chi connectivity index (χ1v) is 7.10. The van der Waals surface area contributed by atoms with Crippen molar-refractivity contribution in [3.63, 3.8) is 0 Å². The molecule has 1 rings (SSSR count). The average Bonchev–Trinajstić information content (AvgIpc) is 2.42. The van der Waals surface area contributed by atoms with Crippen LogP contribution in [0.25, 0.3) is 0 Å². The summed E-state index contributed by atoms with van der Waals surface area (Å²) in [7, 11) is 0. The predicted molar refractivity (Wildman–Crippen MR) is 83.9 cm³/mol. The van der Waals surface area contributed by atoms with Crippen molar-refractivity contribution in [1.29, 1.82) is 0 Å². The predicted octanol–water partition coefficient (Wildman–Crippen LogP) is 4.79. The third-order valence-electron chi connectivity index (χ3n) is 3.15. The number of hydrogen-bond acceptors (Lipinski definition) is 1. The van der Waals surface area contributed by atoms with E-state index in [4.69, 9.17) is 0 Å². The number of allylic oxidation sites excluding steroid dienone is 3. The van der Waals surface area contributed by atoms with Crippen LogP contribution < -0.4 is 5.32 Å². The first-order chi connectivity index (χ1) is 8.77. The molecule has 0 aromatic rings. The molecule has 0 heterocycles. The lowest BCUT2D eigenvalue weighted by Crippen LogP contribution is -2.21. The van der Waals surface area contributed by atoms with Crippen molar-refractivity contribution in [2.24, 2.45) is 0 Å². The third kappa shape index (κ3) is 6.61. The highest BCUT2D eigenvalue weighted by Gasteiger charge is 2.08. The number of rotatable bonds is 6. The van der Waals surface area contributed by atoms with Crippen molar-refractivity contribution in [2.75, 3.05) is 13.1 Å². The Balaban J connectivity index is 0.00000137. The molecule has 1 aliphatic rings. The average molecular weight is 247 g/mol. The van der Waals surface area contributed by atoms with Gasteiger partial charge in [0, 0.05) is 13.1 Å². The molecular formula is C17H29N. The fourth-order valence-electron chi connectivity index (χ4n) is 2.07. The summed E-state index contributed by atoms with van der Waals surface area (Å²) in [6.07, 6.45) is 11.0. The van der Waals surface area contributed by atoms with Crippen molar-refractivity contribution >= 4 is 0 Å². The minimum atomic E-state index is 0.881. The largest absolute Gasteiger partial charge is 0.309 e. The van der Waals surface area contributed by atoms with E-state index in [0.29, 0.717) is 0 Å². The smallest absolute Gasteiger partial charge is 0.0208 e. The Labute approximate surface area is 113 Å². The second-order valence-electron chi connectivity index (χ2n) is 4.38. The van der Waals surface area contributed by atoms with Gasteiger partial charge in [0.15, 0.2) is 0 Å². The molecule has 102 valence electrons. The van der Waals surface area contributed by atoms with Gasteiger partial charge in [0.25, 0.3) is 0 Å². The van der Waals surface area contributed by atoms with Gasteiger partial charge in [0.1, 0.15) is 0 Å².